The average molecular weight is 393 g/mol. The lowest BCUT2D eigenvalue weighted by Crippen LogP contribution is -2.24. The smallest absolute Gasteiger partial charge is 0.337 e. The van der Waals surface area contributed by atoms with Gasteiger partial charge < -0.3 is 4.74 Å². The number of esters is 1. The fourth-order valence-electron chi connectivity index (χ4n) is 2.00. The molecule has 0 bridgehead atoms. The van der Waals surface area contributed by atoms with Crippen LogP contribution in [0.4, 0.5) is 0 Å². The van der Waals surface area contributed by atoms with E-state index in [4.69, 9.17) is 0 Å². The number of rotatable bonds is 5. The number of carbonyl (C=O) groups excluding carboxylic acids is 2. The maximum atomic E-state index is 11.9. The van der Waals surface area contributed by atoms with Gasteiger partial charge in [0.05, 0.1) is 34.7 Å². The Bertz CT molecular complexity index is 781. The summed E-state index contributed by atoms with van der Waals surface area (Å²) in [5.74, 6) is -0.682. The van der Waals surface area contributed by atoms with E-state index in [0.717, 1.165) is 21.4 Å². The normalized spacial score (nSPS) is 10.8. The lowest BCUT2D eigenvalue weighted by Gasteiger charge is -2.03. The Kier molecular flexibility index (Phi) is 5.86. The van der Waals surface area contributed by atoms with Crippen molar-refractivity contribution >= 4 is 34.0 Å². The van der Waals surface area contributed by atoms with Crippen LogP contribution >= 0.6 is 15.9 Å². The number of hydrogen-bond acceptors (Lipinski definition) is 5. The minimum Gasteiger partial charge on any atom is -0.465 e. The number of ether oxygens (including phenoxy) is 1. The van der Waals surface area contributed by atoms with Crippen LogP contribution in [0, 0.1) is 13.8 Å². The Hall–Kier alpha value is -2.48. The molecule has 0 aliphatic carbocycles. The summed E-state index contributed by atoms with van der Waals surface area (Å²) < 4.78 is 7.12. The summed E-state index contributed by atoms with van der Waals surface area (Å²) in [6.45, 7) is 3.82. The Morgan fingerprint density at radius 3 is 2.54 bits per heavy atom. The molecule has 2 aromatic rings. The topological polar surface area (TPSA) is 85.6 Å². The minimum absolute atomic E-state index is 0.0802. The molecule has 0 spiro atoms. The van der Waals surface area contributed by atoms with Crippen molar-refractivity contribution in [2.45, 2.75) is 20.4 Å². The molecular formula is C16H17BrN4O3. The van der Waals surface area contributed by atoms with Crippen LogP contribution in [0.2, 0.25) is 0 Å². The highest BCUT2D eigenvalue weighted by Crippen LogP contribution is 2.19. The second-order valence-electron chi connectivity index (χ2n) is 5.05. The molecule has 0 atom stereocenters. The molecule has 126 valence electrons. The van der Waals surface area contributed by atoms with Crippen LogP contribution < -0.4 is 5.43 Å². The molecule has 7 nitrogen and oxygen atoms in total. The number of hydrazone groups is 1. The van der Waals surface area contributed by atoms with Crippen LogP contribution in [0.25, 0.3) is 0 Å². The largest absolute Gasteiger partial charge is 0.465 e. The van der Waals surface area contributed by atoms with Crippen LogP contribution in [0.15, 0.2) is 33.8 Å². The third-order valence-electron chi connectivity index (χ3n) is 3.32. The molecule has 1 N–H and O–H groups in total. The van der Waals surface area contributed by atoms with Gasteiger partial charge in [-0.05, 0) is 47.5 Å². The summed E-state index contributed by atoms with van der Waals surface area (Å²) in [6, 6.07) is 6.67. The van der Waals surface area contributed by atoms with E-state index in [1.165, 1.54) is 13.3 Å². The average Bonchev–Trinajstić information content (AvgIpc) is 2.81. The van der Waals surface area contributed by atoms with E-state index in [9.17, 15) is 9.59 Å². The molecule has 1 heterocycles. The Labute approximate surface area is 147 Å². The van der Waals surface area contributed by atoms with E-state index < -0.39 is 5.97 Å². The van der Waals surface area contributed by atoms with Crippen LogP contribution in [-0.4, -0.2) is 35.0 Å². The lowest BCUT2D eigenvalue weighted by molar-refractivity contribution is -0.121. The van der Waals surface area contributed by atoms with E-state index in [2.05, 4.69) is 36.3 Å². The van der Waals surface area contributed by atoms with Gasteiger partial charge in [0.25, 0.3) is 5.91 Å². The highest BCUT2D eigenvalue weighted by molar-refractivity contribution is 9.10. The van der Waals surface area contributed by atoms with Gasteiger partial charge in [-0.1, -0.05) is 12.1 Å². The zero-order valence-corrected chi connectivity index (χ0v) is 15.1. The van der Waals surface area contributed by atoms with Crippen LogP contribution in [0.5, 0.6) is 0 Å². The van der Waals surface area contributed by atoms with Crippen molar-refractivity contribution in [3.05, 3.63) is 51.3 Å². The van der Waals surface area contributed by atoms with E-state index in [0.29, 0.717) is 5.56 Å². The number of carbonyl (C=O) groups is 2. The fourth-order valence-corrected chi connectivity index (χ4v) is 2.29. The van der Waals surface area contributed by atoms with Gasteiger partial charge in [0.15, 0.2) is 0 Å². The molecule has 1 amide bonds. The molecule has 8 heteroatoms. The van der Waals surface area contributed by atoms with Crippen molar-refractivity contribution in [1.82, 2.24) is 15.2 Å². The van der Waals surface area contributed by atoms with Gasteiger partial charge in [-0.15, -0.1) is 0 Å². The zero-order valence-electron chi connectivity index (χ0n) is 13.5. The van der Waals surface area contributed by atoms with Gasteiger partial charge in [-0.2, -0.15) is 10.2 Å². The van der Waals surface area contributed by atoms with Crippen LogP contribution in [0.1, 0.15) is 27.3 Å². The first-order valence-electron chi connectivity index (χ1n) is 7.12. The highest BCUT2D eigenvalue weighted by Gasteiger charge is 2.11. The lowest BCUT2D eigenvalue weighted by atomic mass is 10.1. The number of methoxy groups -OCH3 is 1. The van der Waals surface area contributed by atoms with Crippen LogP contribution in [0.3, 0.4) is 0 Å². The number of aromatic nitrogens is 2. The number of aryl methyl sites for hydroxylation is 1. The second kappa shape index (κ2) is 7.87. The third kappa shape index (κ3) is 4.29. The summed E-state index contributed by atoms with van der Waals surface area (Å²) in [6.07, 6.45) is 1.50. The summed E-state index contributed by atoms with van der Waals surface area (Å²) >= 11 is 3.42. The quantitative estimate of drug-likeness (QED) is 0.480. The molecule has 1 aromatic heterocycles. The molecule has 0 aliphatic rings. The van der Waals surface area contributed by atoms with Gasteiger partial charge in [0, 0.05) is 0 Å². The Balaban J connectivity index is 1.92. The molecule has 1 aromatic carbocycles. The van der Waals surface area contributed by atoms with E-state index in [1.54, 1.807) is 28.9 Å². The van der Waals surface area contributed by atoms with Crippen LogP contribution in [-0.2, 0) is 16.1 Å². The second-order valence-corrected chi connectivity index (χ2v) is 5.84. The van der Waals surface area contributed by atoms with Crippen molar-refractivity contribution in [1.29, 1.82) is 0 Å². The molecule has 24 heavy (non-hydrogen) atoms. The van der Waals surface area contributed by atoms with Crippen molar-refractivity contribution in [3.63, 3.8) is 0 Å². The molecule has 0 fully saturated rings. The molecule has 0 radical (unpaired) electrons. The van der Waals surface area contributed by atoms with E-state index >= 15 is 0 Å². The summed E-state index contributed by atoms with van der Waals surface area (Å²) in [4.78, 5) is 23.2. The first-order chi connectivity index (χ1) is 11.4. The first-order valence-corrected chi connectivity index (χ1v) is 7.91. The maximum absolute atomic E-state index is 11.9. The summed E-state index contributed by atoms with van der Waals surface area (Å²) in [7, 11) is 1.33. The van der Waals surface area contributed by atoms with Crippen molar-refractivity contribution in [3.8, 4) is 0 Å². The highest BCUT2D eigenvalue weighted by atomic mass is 79.9. The monoisotopic (exact) mass is 392 g/mol. The molecule has 0 aliphatic heterocycles. The number of benzene rings is 1. The summed E-state index contributed by atoms with van der Waals surface area (Å²) in [5, 5.41) is 8.16. The Morgan fingerprint density at radius 1 is 1.33 bits per heavy atom. The first kappa shape index (κ1) is 17.9. The van der Waals surface area contributed by atoms with Gasteiger partial charge >= 0.3 is 5.97 Å². The van der Waals surface area contributed by atoms with E-state index in [1.807, 2.05) is 13.8 Å². The standard InChI is InChI=1S/C16H17BrN4O3/c1-10-15(17)11(2)21(20-10)9-14(22)19-18-8-12-4-6-13(7-5-12)16(23)24-3/h4-8H,9H2,1-3H3,(H,19,22)/b18-8+. The predicted octanol–water partition coefficient (Wildman–Crippen LogP) is 2.20. The van der Waals surface area contributed by atoms with E-state index in [-0.39, 0.29) is 12.5 Å². The minimum atomic E-state index is -0.400. The molecular weight excluding hydrogens is 376 g/mol. The summed E-state index contributed by atoms with van der Waals surface area (Å²) in [5.41, 5.74) is 5.35. The number of hydrogen-bond donors (Lipinski definition) is 1. The number of nitrogens with zero attached hydrogens (tertiary/aromatic N) is 3. The predicted molar refractivity (Wildman–Crippen MR) is 92.9 cm³/mol. The van der Waals surface area contributed by atoms with Gasteiger partial charge in [-0.3, -0.25) is 9.48 Å². The Morgan fingerprint density at radius 2 is 2.00 bits per heavy atom. The zero-order chi connectivity index (χ0) is 17.7. The number of amides is 1. The van der Waals surface area contributed by atoms with Gasteiger partial charge in [0.2, 0.25) is 0 Å². The SMILES string of the molecule is COC(=O)c1ccc(/C=N/NC(=O)Cn2nc(C)c(Br)c2C)cc1. The van der Waals surface area contributed by atoms with Gasteiger partial charge in [-0.25, -0.2) is 10.2 Å². The maximum Gasteiger partial charge on any atom is 0.337 e. The fraction of sp³-hybridized carbons (Fsp3) is 0.250. The molecule has 0 saturated heterocycles. The van der Waals surface area contributed by atoms with Crippen molar-refractivity contribution < 1.29 is 14.3 Å². The number of halogens is 1. The number of nitrogens with one attached hydrogen (secondary N) is 1. The molecule has 2 rings (SSSR count). The molecule has 0 unspecified atom stereocenters. The van der Waals surface area contributed by atoms with Crippen molar-refractivity contribution in [2.24, 2.45) is 5.10 Å². The van der Waals surface area contributed by atoms with Gasteiger partial charge in [0.1, 0.15) is 6.54 Å². The third-order valence-corrected chi connectivity index (χ3v) is 4.47. The van der Waals surface area contributed by atoms with Crippen molar-refractivity contribution in [2.75, 3.05) is 7.11 Å². The molecule has 0 saturated carbocycles.